The van der Waals surface area contributed by atoms with E-state index in [1.54, 1.807) is 37.6 Å². The van der Waals surface area contributed by atoms with Crippen LogP contribution in [0, 0.1) is 0 Å². The van der Waals surface area contributed by atoms with Gasteiger partial charge in [-0.3, -0.25) is 9.59 Å². The Morgan fingerprint density at radius 3 is 2.50 bits per heavy atom. The normalized spacial score (nSPS) is 10.3. The molecular weight excluding hydrogens is 356 g/mol. The average molecular weight is 378 g/mol. The van der Waals surface area contributed by atoms with E-state index >= 15 is 0 Å². The maximum atomic E-state index is 12.0. The highest BCUT2D eigenvalue weighted by Gasteiger charge is 2.13. The molecule has 3 rings (SSSR count). The Kier molecular flexibility index (Phi) is 6.41. The third-order valence-electron chi connectivity index (χ3n) is 4.16. The molecule has 0 atom stereocenters. The molecule has 2 N–H and O–H groups in total. The number of anilines is 1. The number of aromatic nitrogens is 2. The molecule has 2 amide bonds. The fraction of sp³-hybridized carbons (Fsp3) is 0.190. The summed E-state index contributed by atoms with van der Waals surface area (Å²) in [6.07, 6.45) is 4.33. The Bertz CT molecular complexity index is 920. The molecule has 7 heteroatoms. The van der Waals surface area contributed by atoms with Crippen molar-refractivity contribution >= 4 is 17.5 Å². The lowest BCUT2D eigenvalue weighted by atomic mass is 10.2. The van der Waals surface area contributed by atoms with Gasteiger partial charge in [0.1, 0.15) is 11.6 Å². The van der Waals surface area contributed by atoms with Gasteiger partial charge in [0, 0.05) is 36.7 Å². The first-order valence-electron chi connectivity index (χ1n) is 8.97. The molecule has 0 aliphatic carbocycles. The summed E-state index contributed by atoms with van der Waals surface area (Å²) in [5, 5.41) is 5.19. The van der Waals surface area contributed by atoms with E-state index in [1.807, 2.05) is 41.1 Å². The number of aryl methyl sites for hydroxylation is 1. The van der Waals surface area contributed by atoms with Crippen LogP contribution in [0.5, 0.6) is 5.75 Å². The highest BCUT2D eigenvalue weighted by Crippen LogP contribution is 2.17. The Balaban J connectivity index is 1.44. The second-order valence-electron chi connectivity index (χ2n) is 6.10. The van der Waals surface area contributed by atoms with Crippen LogP contribution in [-0.2, 0) is 16.1 Å². The predicted octanol–water partition coefficient (Wildman–Crippen LogP) is 2.70. The Morgan fingerprint density at radius 1 is 1.04 bits per heavy atom. The summed E-state index contributed by atoms with van der Waals surface area (Å²) < 4.78 is 7.08. The predicted molar refractivity (Wildman–Crippen MR) is 107 cm³/mol. The van der Waals surface area contributed by atoms with E-state index in [0.29, 0.717) is 30.9 Å². The molecule has 0 saturated heterocycles. The van der Waals surface area contributed by atoms with Gasteiger partial charge >= 0.3 is 11.8 Å². The van der Waals surface area contributed by atoms with Crippen LogP contribution < -0.4 is 15.4 Å². The molecule has 7 nitrogen and oxygen atoms in total. The van der Waals surface area contributed by atoms with Crippen molar-refractivity contribution in [1.29, 1.82) is 0 Å². The van der Waals surface area contributed by atoms with Crippen LogP contribution in [0.2, 0.25) is 0 Å². The molecule has 2 aromatic carbocycles. The van der Waals surface area contributed by atoms with E-state index < -0.39 is 11.8 Å². The monoisotopic (exact) mass is 378 g/mol. The molecule has 0 unspecified atom stereocenters. The van der Waals surface area contributed by atoms with Crippen molar-refractivity contribution in [2.24, 2.45) is 0 Å². The van der Waals surface area contributed by atoms with Gasteiger partial charge in [-0.25, -0.2) is 4.98 Å². The second-order valence-corrected chi connectivity index (χ2v) is 6.10. The summed E-state index contributed by atoms with van der Waals surface area (Å²) in [4.78, 5) is 28.3. The van der Waals surface area contributed by atoms with Gasteiger partial charge < -0.3 is 19.9 Å². The number of amides is 2. The Morgan fingerprint density at radius 2 is 1.79 bits per heavy atom. The third kappa shape index (κ3) is 4.97. The van der Waals surface area contributed by atoms with E-state index in [2.05, 4.69) is 15.6 Å². The molecule has 0 aliphatic rings. The number of hydrogen-bond donors (Lipinski definition) is 2. The van der Waals surface area contributed by atoms with Gasteiger partial charge in [-0.1, -0.05) is 30.3 Å². The Hall–Kier alpha value is -3.61. The van der Waals surface area contributed by atoms with Crippen molar-refractivity contribution in [3.63, 3.8) is 0 Å². The highest BCUT2D eigenvalue weighted by atomic mass is 16.5. The van der Waals surface area contributed by atoms with Crippen LogP contribution in [-0.4, -0.2) is 35.0 Å². The summed E-state index contributed by atoms with van der Waals surface area (Å²) in [5.74, 6) is 0.198. The molecule has 28 heavy (non-hydrogen) atoms. The smallest absolute Gasteiger partial charge is 0.313 e. The lowest BCUT2D eigenvalue weighted by molar-refractivity contribution is -0.136. The van der Waals surface area contributed by atoms with Crippen molar-refractivity contribution in [3.05, 3.63) is 67.0 Å². The average Bonchev–Trinajstić information content (AvgIpc) is 3.20. The van der Waals surface area contributed by atoms with Crippen LogP contribution in [0.1, 0.15) is 6.42 Å². The number of carbonyl (C=O) groups is 2. The minimum Gasteiger partial charge on any atom is -0.497 e. The van der Waals surface area contributed by atoms with Gasteiger partial charge in [0.25, 0.3) is 0 Å². The van der Waals surface area contributed by atoms with Crippen LogP contribution in [0.25, 0.3) is 11.4 Å². The quantitative estimate of drug-likeness (QED) is 0.489. The fourth-order valence-corrected chi connectivity index (χ4v) is 2.73. The van der Waals surface area contributed by atoms with Crippen LogP contribution >= 0.6 is 0 Å². The number of benzene rings is 2. The summed E-state index contributed by atoms with van der Waals surface area (Å²) in [6.45, 7) is 1.08. The summed E-state index contributed by atoms with van der Waals surface area (Å²) in [6, 6.07) is 16.7. The van der Waals surface area contributed by atoms with Crippen molar-refractivity contribution in [2.45, 2.75) is 13.0 Å². The number of methoxy groups -OCH3 is 1. The molecule has 0 bridgehead atoms. The molecule has 1 heterocycles. The summed E-state index contributed by atoms with van der Waals surface area (Å²) in [7, 11) is 1.56. The number of nitrogens with zero attached hydrogens (tertiary/aromatic N) is 2. The van der Waals surface area contributed by atoms with Crippen molar-refractivity contribution < 1.29 is 14.3 Å². The van der Waals surface area contributed by atoms with Crippen LogP contribution in [0.3, 0.4) is 0 Å². The van der Waals surface area contributed by atoms with Gasteiger partial charge in [-0.15, -0.1) is 0 Å². The zero-order valence-corrected chi connectivity index (χ0v) is 15.6. The molecule has 1 aromatic heterocycles. The number of ether oxygens (including phenoxy) is 1. The van der Waals surface area contributed by atoms with Gasteiger partial charge in [0.15, 0.2) is 0 Å². The number of imidazole rings is 1. The lowest BCUT2D eigenvalue weighted by Gasteiger charge is -2.09. The lowest BCUT2D eigenvalue weighted by Crippen LogP contribution is -2.36. The van der Waals surface area contributed by atoms with Crippen molar-refractivity contribution in [1.82, 2.24) is 14.9 Å². The minimum absolute atomic E-state index is 0.390. The largest absolute Gasteiger partial charge is 0.497 e. The third-order valence-corrected chi connectivity index (χ3v) is 4.16. The number of rotatable bonds is 7. The minimum atomic E-state index is -0.697. The molecule has 0 aliphatic heterocycles. The maximum absolute atomic E-state index is 12.0. The SMILES string of the molecule is COc1ccc(NC(=O)C(=O)NCCCn2ccnc2-c2ccccc2)cc1. The molecular formula is C21H22N4O3. The first-order valence-corrected chi connectivity index (χ1v) is 8.97. The van der Waals surface area contributed by atoms with Crippen LogP contribution in [0.4, 0.5) is 5.69 Å². The van der Waals surface area contributed by atoms with Crippen molar-refractivity contribution in [3.8, 4) is 17.1 Å². The molecule has 0 radical (unpaired) electrons. The molecule has 0 saturated carbocycles. The molecule has 3 aromatic rings. The zero-order chi connectivity index (χ0) is 19.8. The standard InChI is InChI=1S/C21H22N4O3/c1-28-18-10-8-17(9-11-18)24-21(27)20(26)23-12-5-14-25-15-13-22-19(25)16-6-3-2-4-7-16/h2-4,6-11,13,15H,5,12,14H2,1H3,(H,23,26)(H,24,27). The maximum Gasteiger partial charge on any atom is 0.313 e. The van der Waals surface area contributed by atoms with Crippen molar-refractivity contribution in [2.75, 3.05) is 19.0 Å². The first kappa shape index (κ1) is 19.2. The topological polar surface area (TPSA) is 85.2 Å². The van der Waals surface area contributed by atoms with E-state index in [0.717, 1.165) is 11.4 Å². The second kappa shape index (κ2) is 9.36. The van der Waals surface area contributed by atoms with E-state index in [9.17, 15) is 9.59 Å². The highest BCUT2D eigenvalue weighted by molar-refractivity contribution is 6.39. The summed E-state index contributed by atoms with van der Waals surface area (Å²) >= 11 is 0. The van der Waals surface area contributed by atoms with Gasteiger partial charge in [-0.2, -0.15) is 0 Å². The van der Waals surface area contributed by atoms with E-state index in [-0.39, 0.29) is 0 Å². The number of nitrogens with one attached hydrogen (secondary N) is 2. The van der Waals surface area contributed by atoms with Gasteiger partial charge in [0.05, 0.1) is 7.11 Å². The van der Waals surface area contributed by atoms with E-state index in [1.165, 1.54) is 0 Å². The van der Waals surface area contributed by atoms with Gasteiger partial charge in [0.2, 0.25) is 0 Å². The molecule has 0 fully saturated rings. The zero-order valence-electron chi connectivity index (χ0n) is 15.6. The van der Waals surface area contributed by atoms with Gasteiger partial charge in [-0.05, 0) is 30.7 Å². The Labute approximate surface area is 163 Å². The molecule has 144 valence electrons. The summed E-state index contributed by atoms with van der Waals surface area (Å²) in [5.41, 5.74) is 1.57. The van der Waals surface area contributed by atoms with E-state index in [4.69, 9.17) is 4.74 Å². The van der Waals surface area contributed by atoms with Crippen LogP contribution in [0.15, 0.2) is 67.0 Å². The fourth-order valence-electron chi connectivity index (χ4n) is 2.73. The molecule has 0 spiro atoms. The number of hydrogen-bond acceptors (Lipinski definition) is 4. The first-order chi connectivity index (χ1) is 13.7. The number of carbonyl (C=O) groups excluding carboxylic acids is 2.